The number of hydrogen-bond acceptors (Lipinski definition) is 4. The minimum Gasteiger partial charge on any atom is -0.497 e. The number of methoxy groups -OCH3 is 1. The molecule has 1 aliphatic rings. The van der Waals surface area contributed by atoms with Crippen LogP contribution in [-0.4, -0.2) is 66.9 Å². The van der Waals surface area contributed by atoms with Crippen molar-refractivity contribution < 1.29 is 19.1 Å². The van der Waals surface area contributed by atoms with Gasteiger partial charge in [0, 0.05) is 45.1 Å². The Balaban J connectivity index is 1.61. The highest BCUT2D eigenvalue weighted by atomic mass is 16.5. The smallest absolute Gasteiger partial charge is 0.253 e. The minimum atomic E-state index is -0.655. The molecule has 2 aromatic carbocycles. The Morgan fingerprint density at radius 3 is 1.97 bits per heavy atom. The molecule has 34 heavy (non-hydrogen) atoms. The summed E-state index contributed by atoms with van der Waals surface area (Å²) >= 11 is 0. The lowest BCUT2D eigenvalue weighted by molar-refractivity contribution is -0.137. The van der Waals surface area contributed by atoms with Gasteiger partial charge in [-0.15, -0.1) is 0 Å². The zero-order valence-corrected chi connectivity index (χ0v) is 20.8. The third kappa shape index (κ3) is 6.37. The van der Waals surface area contributed by atoms with Gasteiger partial charge in [-0.2, -0.15) is 0 Å². The van der Waals surface area contributed by atoms with E-state index in [2.05, 4.69) is 26.1 Å². The van der Waals surface area contributed by atoms with Crippen molar-refractivity contribution in [1.29, 1.82) is 0 Å². The Labute approximate surface area is 202 Å². The molecule has 3 rings (SSSR count). The van der Waals surface area contributed by atoms with Crippen molar-refractivity contribution in [1.82, 2.24) is 15.1 Å². The number of ether oxygens (including phenoxy) is 1. The van der Waals surface area contributed by atoms with Gasteiger partial charge in [0.25, 0.3) is 5.91 Å². The van der Waals surface area contributed by atoms with E-state index in [9.17, 15) is 14.4 Å². The molecule has 1 unspecified atom stereocenters. The first kappa shape index (κ1) is 25.3. The molecule has 3 amide bonds. The van der Waals surface area contributed by atoms with Crippen molar-refractivity contribution in [3.8, 4) is 5.75 Å². The summed E-state index contributed by atoms with van der Waals surface area (Å²) < 4.78 is 5.19. The molecule has 182 valence electrons. The second kappa shape index (κ2) is 10.7. The first-order chi connectivity index (χ1) is 16.1. The van der Waals surface area contributed by atoms with Crippen LogP contribution in [0.5, 0.6) is 5.75 Å². The van der Waals surface area contributed by atoms with E-state index < -0.39 is 6.04 Å². The van der Waals surface area contributed by atoms with Crippen molar-refractivity contribution in [2.75, 3.05) is 33.3 Å². The summed E-state index contributed by atoms with van der Waals surface area (Å²) in [6.45, 7) is 9.62. The highest BCUT2D eigenvalue weighted by molar-refractivity contribution is 5.94. The monoisotopic (exact) mass is 465 g/mol. The maximum absolute atomic E-state index is 13.2. The lowest BCUT2D eigenvalue weighted by Crippen LogP contribution is -2.56. The van der Waals surface area contributed by atoms with E-state index in [1.807, 2.05) is 48.5 Å². The zero-order valence-electron chi connectivity index (χ0n) is 20.8. The van der Waals surface area contributed by atoms with Crippen molar-refractivity contribution in [3.05, 3.63) is 65.2 Å². The summed E-state index contributed by atoms with van der Waals surface area (Å²) in [5, 5.41) is 2.79. The van der Waals surface area contributed by atoms with Crippen LogP contribution >= 0.6 is 0 Å². The van der Waals surface area contributed by atoms with Crippen LogP contribution in [0.2, 0.25) is 0 Å². The van der Waals surface area contributed by atoms with Crippen LogP contribution in [0.3, 0.4) is 0 Å². The van der Waals surface area contributed by atoms with E-state index in [-0.39, 0.29) is 23.1 Å². The molecule has 0 aromatic heterocycles. The van der Waals surface area contributed by atoms with E-state index in [1.54, 1.807) is 16.9 Å². The number of piperazine rings is 1. The number of rotatable bonds is 6. The summed E-state index contributed by atoms with van der Waals surface area (Å²) in [7, 11) is 1.60. The van der Waals surface area contributed by atoms with Crippen molar-refractivity contribution in [2.24, 2.45) is 0 Å². The molecule has 0 aliphatic carbocycles. The van der Waals surface area contributed by atoms with Gasteiger partial charge in [-0.3, -0.25) is 14.4 Å². The second-order valence-corrected chi connectivity index (χ2v) is 9.75. The fourth-order valence-electron chi connectivity index (χ4n) is 4.09. The molecule has 1 saturated heterocycles. The van der Waals surface area contributed by atoms with Gasteiger partial charge in [-0.25, -0.2) is 0 Å². The molecule has 1 aliphatic heterocycles. The van der Waals surface area contributed by atoms with E-state index >= 15 is 0 Å². The Bertz CT molecular complexity index is 1000. The molecule has 0 bridgehead atoms. The number of carbonyl (C=O) groups is 3. The fraction of sp³-hybridized carbons (Fsp3) is 0.444. The minimum absolute atomic E-state index is 0.0239. The first-order valence-electron chi connectivity index (χ1n) is 11.7. The van der Waals surface area contributed by atoms with E-state index in [4.69, 9.17) is 4.74 Å². The molecular weight excluding hydrogens is 430 g/mol. The molecular formula is C27H35N3O4. The molecule has 0 radical (unpaired) electrons. The molecule has 0 spiro atoms. The molecule has 2 aromatic rings. The maximum Gasteiger partial charge on any atom is 0.253 e. The quantitative estimate of drug-likeness (QED) is 0.711. The Hall–Kier alpha value is -3.35. The Morgan fingerprint density at radius 1 is 0.912 bits per heavy atom. The summed E-state index contributed by atoms with van der Waals surface area (Å²) in [6, 6.07) is 14.6. The Morgan fingerprint density at radius 2 is 1.47 bits per heavy atom. The third-order valence-electron chi connectivity index (χ3n) is 6.15. The average Bonchev–Trinajstić information content (AvgIpc) is 2.82. The van der Waals surface area contributed by atoms with Gasteiger partial charge >= 0.3 is 0 Å². The van der Waals surface area contributed by atoms with Gasteiger partial charge < -0.3 is 19.9 Å². The van der Waals surface area contributed by atoms with Crippen LogP contribution in [0.1, 0.15) is 49.2 Å². The molecule has 1 N–H and O–H groups in total. The summed E-state index contributed by atoms with van der Waals surface area (Å²) in [4.78, 5) is 41.5. The first-order valence-corrected chi connectivity index (χ1v) is 11.7. The average molecular weight is 466 g/mol. The molecule has 1 heterocycles. The lowest BCUT2D eigenvalue weighted by Gasteiger charge is -2.36. The maximum atomic E-state index is 13.2. The SMILES string of the molecule is COc1ccc(CC(NC(C)=O)C(=O)N2CCN(C(=O)c3ccc(C(C)(C)C)cc3)CC2)cc1. The standard InChI is InChI=1S/C27H35N3O4/c1-19(31)28-24(18-20-6-12-23(34-5)13-7-20)26(33)30-16-14-29(15-17-30)25(32)21-8-10-22(11-9-21)27(2,3)4/h6-13,24H,14-18H2,1-5H3,(H,28,31). The van der Waals surface area contributed by atoms with Crippen molar-refractivity contribution in [3.63, 3.8) is 0 Å². The van der Waals surface area contributed by atoms with Gasteiger partial charge in [0.15, 0.2) is 0 Å². The van der Waals surface area contributed by atoms with Gasteiger partial charge in [0.1, 0.15) is 11.8 Å². The normalized spacial score (nSPS) is 15.0. The number of carbonyl (C=O) groups excluding carboxylic acids is 3. The van der Waals surface area contributed by atoms with Crippen LogP contribution in [0.25, 0.3) is 0 Å². The number of hydrogen-bond donors (Lipinski definition) is 1. The molecule has 7 heteroatoms. The molecule has 1 fully saturated rings. The highest BCUT2D eigenvalue weighted by Crippen LogP contribution is 2.23. The number of nitrogens with one attached hydrogen (secondary N) is 1. The predicted molar refractivity (Wildman–Crippen MR) is 132 cm³/mol. The zero-order chi connectivity index (χ0) is 24.9. The van der Waals surface area contributed by atoms with Crippen molar-refractivity contribution in [2.45, 2.75) is 45.6 Å². The fourth-order valence-corrected chi connectivity index (χ4v) is 4.09. The number of amides is 3. The number of benzene rings is 2. The van der Waals surface area contributed by atoms with Crippen LogP contribution in [-0.2, 0) is 21.4 Å². The van der Waals surface area contributed by atoms with E-state index in [0.717, 1.165) is 11.3 Å². The molecule has 1 atom stereocenters. The number of nitrogens with zero attached hydrogens (tertiary/aromatic N) is 2. The summed E-state index contributed by atoms with van der Waals surface area (Å²) in [6.07, 6.45) is 0.391. The van der Waals surface area contributed by atoms with Crippen molar-refractivity contribution >= 4 is 17.7 Å². The van der Waals surface area contributed by atoms with Crippen LogP contribution in [0, 0.1) is 0 Å². The van der Waals surface area contributed by atoms with Gasteiger partial charge in [0.2, 0.25) is 11.8 Å². The van der Waals surface area contributed by atoms with Crippen LogP contribution < -0.4 is 10.1 Å². The van der Waals surface area contributed by atoms with Crippen LogP contribution in [0.4, 0.5) is 0 Å². The van der Waals surface area contributed by atoms with E-state index in [1.165, 1.54) is 12.5 Å². The highest BCUT2D eigenvalue weighted by Gasteiger charge is 2.30. The van der Waals surface area contributed by atoms with Gasteiger partial charge in [-0.1, -0.05) is 45.0 Å². The summed E-state index contributed by atoms with van der Waals surface area (Å²) in [5.41, 5.74) is 2.80. The summed E-state index contributed by atoms with van der Waals surface area (Å²) in [5.74, 6) is 0.330. The molecule has 0 saturated carbocycles. The van der Waals surface area contributed by atoms with Gasteiger partial charge in [0.05, 0.1) is 7.11 Å². The van der Waals surface area contributed by atoms with E-state index in [0.29, 0.717) is 38.2 Å². The largest absolute Gasteiger partial charge is 0.497 e. The predicted octanol–water partition coefficient (Wildman–Crippen LogP) is 3.02. The molecule has 7 nitrogen and oxygen atoms in total. The lowest BCUT2D eigenvalue weighted by atomic mass is 9.86. The Kier molecular flexibility index (Phi) is 7.97. The van der Waals surface area contributed by atoms with Crippen LogP contribution in [0.15, 0.2) is 48.5 Å². The van der Waals surface area contributed by atoms with Gasteiger partial charge in [-0.05, 0) is 40.8 Å². The second-order valence-electron chi connectivity index (χ2n) is 9.75. The topological polar surface area (TPSA) is 79.0 Å². The third-order valence-corrected chi connectivity index (χ3v) is 6.15.